The highest BCUT2D eigenvalue weighted by Gasteiger charge is 2.33. The molecular formula is C21H24FN5O3. The van der Waals surface area contributed by atoms with Gasteiger partial charge in [-0.15, -0.1) is 0 Å². The van der Waals surface area contributed by atoms with E-state index in [-0.39, 0.29) is 30.6 Å². The molecule has 1 atom stereocenters. The van der Waals surface area contributed by atoms with E-state index in [2.05, 4.69) is 9.97 Å². The summed E-state index contributed by atoms with van der Waals surface area (Å²) in [4.78, 5) is 38.2. The Bertz CT molecular complexity index is 906. The van der Waals surface area contributed by atoms with Crippen LogP contribution in [0.15, 0.2) is 36.7 Å². The van der Waals surface area contributed by atoms with Gasteiger partial charge in [0, 0.05) is 25.3 Å². The first kappa shape index (κ1) is 20.1. The Balaban J connectivity index is 1.32. The number of benzene rings is 1. The van der Waals surface area contributed by atoms with Gasteiger partial charge in [-0.05, 0) is 31.9 Å². The molecule has 4 rings (SSSR count). The van der Waals surface area contributed by atoms with Crippen LogP contribution in [0.3, 0.4) is 0 Å². The molecule has 158 valence electrons. The molecule has 0 spiro atoms. The fraction of sp³-hybridized carbons (Fsp3) is 0.429. The molecule has 30 heavy (non-hydrogen) atoms. The van der Waals surface area contributed by atoms with Crippen molar-refractivity contribution in [2.45, 2.75) is 25.9 Å². The van der Waals surface area contributed by atoms with Gasteiger partial charge in [-0.2, -0.15) is 0 Å². The number of aromatic nitrogens is 2. The van der Waals surface area contributed by atoms with Gasteiger partial charge in [-0.1, -0.05) is 17.7 Å². The third-order valence-corrected chi connectivity index (χ3v) is 5.37. The number of rotatable bonds is 5. The summed E-state index contributed by atoms with van der Waals surface area (Å²) in [6.45, 7) is 4.12. The number of piperidine rings is 1. The number of aryl methyl sites for hydroxylation is 1. The summed E-state index contributed by atoms with van der Waals surface area (Å²) in [5.41, 5.74) is 1.97. The summed E-state index contributed by atoms with van der Waals surface area (Å²) in [6, 6.07) is 7.71. The molecule has 0 bridgehead atoms. The van der Waals surface area contributed by atoms with Gasteiger partial charge in [-0.3, -0.25) is 9.69 Å². The molecule has 1 unspecified atom stereocenters. The van der Waals surface area contributed by atoms with Crippen molar-refractivity contribution < 1.29 is 18.7 Å². The smallest absolute Gasteiger partial charge is 0.325 e. The summed E-state index contributed by atoms with van der Waals surface area (Å²) in [5.74, 6) is -0.639. The molecule has 1 aromatic heterocycles. The molecule has 3 amide bonds. The van der Waals surface area contributed by atoms with Crippen molar-refractivity contribution in [3.63, 3.8) is 0 Å². The Kier molecular flexibility index (Phi) is 5.78. The summed E-state index contributed by atoms with van der Waals surface area (Å²) < 4.78 is 18.6. The third-order valence-electron chi connectivity index (χ3n) is 5.37. The Labute approximate surface area is 174 Å². The number of ether oxygens (including phenoxy) is 1. The first-order valence-corrected chi connectivity index (χ1v) is 10.0. The Hall–Kier alpha value is -3.23. The van der Waals surface area contributed by atoms with Crippen LogP contribution in [0.2, 0.25) is 0 Å². The number of carbonyl (C=O) groups is 2. The summed E-state index contributed by atoms with van der Waals surface area (Å²) in [6.07, 6.45) is 3.38. The topological polar surface area (TPSA) is 78.9 Å². The third kappa shape index (κ3) is 4.50. The quantitative estimate of drug-likeness (QED) is 0.751. The van der Waals surface area contributed by atoms with E-state index in [1.54, 1.807) is 14.7 Å². The van der Waals surface area contributed by atoms with Gasteiger partial charge in [0.2, 0.25) is 5.91 Å². The Morgan fingerprint density at radius 2 is 1.90 bits per heavy atom. The number of anilines is 1. The second-order valence-electron chi connectivity index (χ2n) is 7.60. The number of urea groups is 1. The second kappa shape index (κ2) is 8.64. The van der Waals surface area contributed by atoms with Gasteiger partial charge in [0.15, 0.2) is 5.82 Å². The molecule has 0 radical (unpaired) electrons. The number of hydrogen-bond acceptors (Lipinski definition) is 5. The molecule has 3 heterocycles. The van der Waals surface area contributed by atoms with Crippen LogP contribution in [0.4, 0.5) is 14.9 Å². The first-order valence-electron chi connectivity index (χ1n) is 10.0. The number of likely N-dealkylation sites (tertiary alicyclic amines) is 1. The Morgan fingerprint density at radius 3 is 2.63 bits per heavy atom. The molecule has 1 aromatic carbocycles. The first-order chi connectivity index (χ1) is 14.5. The van der Waals surface area contributed by atoms with Gasteiger partial charge < -0.3 is 14.5 Å². The number of halogens is 1. The minimum Gasteiger partial charge on any atom is -0.458 e. The standard InChI is InChI=1S/C21H24FN5O3/c1-15-4-6-17(7-5-15)27-10-9-26(21(27)29)14-19(28)25-8-2-3-18(13-25)30-20-23-11-16(22)12-24-20/h4-7,11-12,18H,2-3,8-10,13-14H2,1H3. The lowest BCUT2D eigenvalue weighted by Crippen LogP contribution is -2.48. The lowest BCUT2D eigenvalue weighted by atomic mass is 10.1. The van der Waals surface area contributed by atoms with E-state index in [0.717, 1.165) is 36.5 Å². The van der Waals surface area contributed by atoms with Crippen LogP contribution >= 0.6 is 0 Å². The average Bonchev–Trinajstić information content (AvgIpc) is 3.11. The molecule has 9 heteroatoms. The molecule has 2 aliphatic heterocycles. The van der Waals surface area contributed by atoms with Gasteiger partial charge in [-0.25, -0.2) is 19.2 Å². The average molecular weight is 413 g/mol. The predicted molar refractivity (Wildman–Crippen MR) is 108 cm³/mol. The van der Waals surface area contributed by atoms with Gasteiger partial charge in [0.05, 0.1) is 18.9 Å². The highest BCUT2D eigenvalue weighted by Crippen LogP contribution is 2.21. The number of hydrogen-bond donors (Lipinski definition) is 0. The molecule has 0 saturated carbocycles. The molecular weight excluding hydrogens is 389 g/mol. The van der Waals surface area contributed by atoms with Gasteiger partial charge >= 0.3 is 12.0 Å². The molecule has 8 nitrogen and oxygen atoms in total. The van der Waals surface area contributed by atoms with E-state index in [1.807, 2.05) is 31.2 Å². The molecule has 2 aromatic rings. The zero-order valence-electron chi connectivity index (χ0n) is 16.8. The fourth-order valence-electron chi connectivity index (χ4n) is 3.73. The van der Waals surface area contributed by atoms with Crippen molar-refractivity contribution in [3.8, 4) is 6.01 Å². The van der Waals surface area contributed by atoms with Crippen LogP contribution in [0.25, 0.3) is 0 Å². The van der Waals surface area contributed by atoms with Crippen molar-refractivity contribution in [3.05, 3.63) is 48.0 Å². The van der Waals surface area contributed by atoms with E-state index in [1.165, 1.54) is 0 Å². The summed E-state index contributed by atoms with van der Waals surface area (Å²) in [7, 11) is 0. The maximum atomic E-state index is 12.9. The van der Waals surface area contributed by atoms with E-state index in [9.17, 15) is 14.0 Å². The monoisotopic (exact) mass is 413 g/mol. The van der Waals surface area contributed by atoms with Crippen LogP contribution in [-0.4, -0.2) is 70.5 Å². The molecule has 2 fully saturated rings. The highest BCUT2D eigenvalue weighted by atomic mass is 19.1. The highest BCUT2D eigenvalue weighted by molar-refractivity contribution is 5.96. The molecule has 0 aliphatic carbocycles. The van der Waals surface area contributed by atoms with Crippen molar-refractivity contribution in [1.29, 1.82) is 0 Å². The lowest BCUT2D eigenvalue weighted by Gasteiger charge is -2.33. The zero-order chi connectivity index (χ0) is 21.1. The number of carbonyl (C=O) groups excluding carboxylic acids is 2. The molecule has 0 N–H and O–H groups in total. The van der Waals surface area contributed by atoms with Crippen molar-refractivity contribution >= 4 is 17.6 Å². The number of nitrogens with zero attached hydrogens (tertiary/aromatic N) is 5. The zero-order valence-corrected chi connectivity index (χ0v) is 16.8. The summed E-state index contributed by atoms with van der Waals surface area (Å²) >= 11 is 0. The van der Waals surface area contributed by atoms with Crippen LogP contribution in [0, 0.1) is 12.7 Å². The number of amides is 3. The van der Waals surface area contributed by atoms with E-state index >= 15 is 0 Å². The van der Waals surface area contributed by atoms with Crippen LogP contribution in [0.5, 0.6) is 6.01 Å². The summed E-state index contributed by atoms with van der Waals surface area (Å²) in [5, 5.41) is 0. The van der Waals surface area contributed by atoms with E-state index in [0.29, 0.717) is 26.2 Å². The van der Waals surface area contributed by atoms with Gasteiger partial charge in [0.1, 0.15) is 12.6 Å². The normalized spacial score (nSPS) is 19.3. The molecule has 2 aliphatic rings. The fourth-order valence-corrected chi connectivity index (χ4v) is 3.73. The van der Waals surface area contributed by atoms with Crippen LogP contribution < -0.4 is 9.64 Å². The SMILES string of the molecule is Cc1ccc(N2CCN(CC(=O)N3CCCC(Oc4ncc(F)cn4)C3)C2=O)cc1. The van der Waals surface area contributed by atoms with E-state index < -0.39 is 5.82 Å². The van der Waals surface area contributed by atoms with Crippen LogP contribution in [-0.2, 0) is 4.79 Å². The minimum absolute atomic E-state index is 0.0426. The van der Waals surface area contributed by atoms with Crippen molar-refractivity contribution in [2.24, 2.45) is 0 Å². The lowest BCUT2D eigenvalue weighted by molar-refractivity contribution is -0.134. The maximum absolute atomic E-state index is 12.9. The van der Waals surface area contributed by atoms with Gasteiger partial charge in [0.25, 0.3) is 0 Å². The largest absolute Gasteiger partial charge is 0.458 e. The second-order valence-corrected chi connectivity index (χ2v) is 7.60. The minimum atomic E-state index is -0.530. The maximum Gasteiger partial charge on any atom is 0.325 e. The van der Waals surface area contributed by atoms with Crippen molar-refractivity contribution in [2.75, 3.05) is 37.6 Å². The van der Waals surface area contributed by atoms with E-state index in [4.69, 9.17) is 4.74 Å². The van der Waals surface area contributed by atoms with Crippen molar-refractivity contribution in [1.82, 2.24) is 19.8 Å². The molecule has 2 saturated heterocycles. The predicted octanol–water partition coefficient (Wildman–Crippen LogP) is 2.24. The van der Waals surface area contributed by atoms with Crippen LogP contribution in [0.1, 0.15) is 18.4 Å². The Morgan fingerprint density at radius 1 is 1.17 bits per heavy atom.